The molecule has 1 unspecified atom stereocenters. The molecule has 1 atom stereocenters. The zero-order valence-corrected chi connectivity index (χ0v) is 11.3. The maximum Gasteiger partial charge on any atom is 0.332 e. The van der Waals surface area contributed by atoms with Crippen molar-refractivity contribution < 1.29 is 14.3 Å². The zero-order valence-electron chi connectivity index (χ0n) is 10.5. The fourth-order valence-corrected chi connectivity index (χ4v) is 1.31. The summed E-state index contributed by atoms with van der Waals surface area (Å²) in [6.07, 6.45) is 3.14. The molecule has 0 amide bonds. The van der Waals surface area contributed by atoms with Gasteiger partial charge in [-0.15, -0.1) is 11.6 Å². The van der Waals surface area contributed by atoms with Crippen molar-refractivity contribution in [1.29, 1.82) is 0 Å². The molecular formula is C12H21ClO3. The molecule has 0 N–H and O–H groups in total. The van der Waals surface area contributed by atoms with Crippen LogP contribution in [0.15, 0.2) is 0 Å². The van der Waals surface area contributed by atoms with Crippen molar-refractivity contribution in [3.63, 3.8) is 0 Å². The zero-order chi connectivity index (χ0) is 12.8. The van der Waals surface area contributed by atoms with Crippen molar-refractivity contribution in [2.45, 2.75) is 64.4 Å². The van der Waals surface area contributed by atoms with Crippen LogP contribution in [0.2, 0.25) is 0 Å². The number of alkyl halides is 1. The topological polar surface area (TPSA) is 43.4 Å². The highest BCUT2D eigenvalue weighted by atomic mass is 35.5. The molecule has 0 heterocycles. The number of ether oxygens (including phenoxy) is 1. The molecule has 0 spiro atoms. The average Bonchev–Trinajstić information content (AvgIpc) is 2.14. The van der Waals surface area contributed by atoms with Gasteiger partial charge in [0.05, 0.1) is 0 Å². The van der Waals surface area contributed by atoms with Crippen LogP contribution >= 0.6 is 11.6 Å². The van der Waals surface area contributed by atoms with Crippen molar-refractivity contribution in [2.24, 2.45) is 0 Å². The Balaban J connectivity index is 4.07. The second-order valence-electron chi connectivity index (χ2n) is 4.82. The van der Waals surface area contributed by atoms with E-state index < -0.39 is 16.9 Å². The van der Waals surface area contributed by atoms with E-state index in [1.54, 1.807) is 20.8 Å². The summed E-state index contributed by atoms with van der Waals surface area (Å²) < 4.78 is 5.04. The van der Waals surface area contributed by atoms with Crippen molar-refractivity contribution in [2.75, 3.05) is 0 Å². The van der Waals surface area contributed by atoms with Gasteiger partial charge in [-0.3, -0.25) is 4.79 Å². The van der Waals surface area contributed by atoms with Crippen LogP contribution in [0.4, 0.5) is 0 Å². The van der Waals surface area contributed by atoms with Crippen LogP contribution in [0.25, 0.3) is 0 Å². The molecule has 0 rings (SSSR count). The molecule has 4 heteroatoms. The number of esters is 1. The van der Waals surface area contributed by atoms with Crippen LogP contribution in [0.1, 0.15) is 53.4 Å². The molecule has 16 heavy (non-hydrogen) atoms. The molecule has 94 valence electrons. The number of carbonyl (C=O) groups is 2. The van der Waals surface area contributed by atoms with Crippen LogP contribution in [-0.2, 0) is 14.3 Å². The van der Waals surface area contributed by atoms with Gasteiger partial charge in [0.1, 0.15) is 5.60 Å². The summed E-state index contributed by atoms with van der Waals surface area (Å²) in [6, 6.07) is 0. The van der Waals surface area contributed by atoms with Crippen molar-refractivity contribution in [3.8, 4) is 0 Å². The number of carbonyl (C=O) groups excluding carboxylic acids is 2. The van der Waals surface area contributed by atoms with Gasteiger partial charge in [0.2, 0.25) is 0 Å². The molecular weight excluding hydrogens is 228 g/mol. The van der Waals surface area contributed by atoms with E-state index in [0.717, 1.165) is 19.3 Å². The highest BCUT2D eigenvalue weighted by Crippen LogP contribution is 2.13. The molecule has 0 saturated carbocycles. The first-order chi connectivity index (χ1) is 7.28. The fraction of sp³-hybridized carbons (Fsp3) is 0.833. The summed E-state index contributed by atoms with van der Waals surface area (Å²) >= 11 is 5.74. The number of rotatable bonds is 6. The molecule has 0 fully saturated rings. The maximum atomic E-state index is 11.5. The molecule has 0 aliphatic carbocycles. The highest BCUT2D eigenvalue weighted by Gasteiger charge is 2.28. The second-order valence-corrected chi connectivity index (χ2v) is 5.26. The van der Waals surface area contributed by atoms with Gasteiger partial charge < -0.3 is 4.74 Å². The molecule has 0 saturated heterocycles. The summed E-state index contributed by atoms with van der Waals surface area (Å²) in [5.41, 5.74) is -0.603. The van der Waals surface area contributed by atoms with E-state index in [1.165, 1.54) is 0 Å². The van der Waals surface area contributed by atoms with E-state index in [-0.39, 0.29) is 5.78 Å². The second kappa shape index (κ2) is 6.89. The smallest absolute Gasteiger partial charge is 0.332 e. The minimum atomic E-state index is -1.16. The Labute approximate surface area is 102 Å². The molecule has 0 aliphatic heterocycles. The maximum absolute atomic E-state index is 11.5. The molecule has 0 aromatic carbocycles. The summed E-state index contributed by atoms with van der Waals surface area (Å²) in [5, 5.41) is -1.16. The lowest BCUT2D eigenvalue weighted by molar-refractivity contribution is -0.155. The Hall–Kier alpha value is -0.570. The van der Waals surface area contributed by atoms with Crippen molar-refractivity contribution in [1.82, 2.24) is 0 Å². The van der Waals surface area contributed by atoms with Crippen LogP contribution in [0.5, 0.6) is 0 Å². The van der Waals surface area contributed by atoms with Crippen LogP contribution < -0.4 is 0 Å². The van der Waals surface area contributed by atoms with E-state index >= 15 is 0 Å². The lowest BCUT2D eigenvalue weighted by Crippen LogP contribution is -2.33. The Morgan fingerprint density at radius 3 is 2.25 bits per heavy atom. The summed E-state index contributed by atoms with van der Waals surface area (Å²) in [5.74, 6) is -0.889. The Bertz CT molecular complexity index is 243. The Morgan fingerprint density at radius 1 is 1.25 bits per heavy atom. The first-order valence-corrected chi connectivity index (χ1v) is 6.11. The number of ketones is 1. The molecule has 0 aromatic heterocycles. The van der Waals surface area contributed by atoms with Gasteiger partial charge in [-0.25, -0.2) is 4.79 Å². The normalized spacial score (nSPS) is 13.3. The summed E-state index contributed by atoms with van der Waals surface area (Å²) in [7, 11) is 0. The molecule has 0 bridgehead atoms. The van der Waals surface area contributed by atoms with Gasteiger partial charge >= 0.3 is 5.97 Å². The molecule has 0 radical (unpaired) electrons. The first kappa shape index (κ1) is 15.4. The van der Waals surface area contributed by atoms with E-state index in [0.29, 0.717) is 6.42 Å². The standard InChI is InChI=1S/C12H21ClO3/c1-5-6-7-8-9(14)10(13)11(15)16-12(2,3)4/h10H,5-8H2,1-4H3. The van der Waals surface area contributed by atoms with E-state index in [9.17, 15) is 9.59 Å². The van der Waals surface area contributed by atoms with E-state index in [1.807, 2.05) is 0 Å². The number of unbranched alkanes of at least 4 members (excludes halogenated alkanes) is 2. The van der Waals surface area contributed by atoms with Gasteiger partial charge in [0.15, 0.2) is 11.2 Å². The minimum absolute atomic E-state index is 0.246. The lowest BCUT2D eigenvalue weighted by atomic mass is 10.1. The highest BCUT2D eigenvalue weighted by molar-refractivity contribution is 6.41. The van der Waals surface area contributed by atoms with Gasteiger partial charge in [0, 0.05) is 6.42 Å². The molecule has 3 nitrogen and oxygen atoms in total. The predicted octanol–water partition coefficient (Wildman–Crippen LogP) is 3.08. The summed E-state index contributed by atoms with van der Waals surface area (Å²) in [6.45, 7) is 7.29. The minimum Gasteiger partial charge on any atom is -0.459 e. The lowest BCUT2D eigenvalue weighted by Gasteiger charge is -2.20. The largest absolute Gasteiger partial charge is 0.459 e. The number of hydrogen-bond acceptors (Lipinski definition) is 3. The van der Waals surface area contributed by atoms with E-state index in [4.69, 9.17) is 16.3 Å². The average molecular weight is 249 g/mol. The first-order valence-electron chi connectivity index (χ1n) is 5.67. The van der Waals surface area contributed by atoms with Gasteiger partial charge in [-0.2, -0.15) is 0 Å². The molecule has 0 aromatic rings. The monoisotopic (exact) mass is 248 g/mol. The van der Waals surface area contributed by atoms with Crippen LogP contribution in [0, 0.1) is 0 Å². The van der Waals surface area contributed by atoms with Gasteiger partial charge in [0.25, 0.3) is 0 Å². The SMILES string of the molecule is CCCCCC(=O)C(Cl)C(=O)OC(C)(C)C. The van der Waals surface area contributed by atoms with Gasteiger partial charge in [-0.1, -0.05) is 19.8 Å². The third kappa shape index (κ3) is 6.83. The Kier molecular flexibility index (Phi) is 6.65. The quantitative estimate of drug-likeness (QED) is 0.314. The van der Waals surface area contributed by atoms with Crippen LogP contribution in [-0.4, -0.2) is 22.7 Å². The number of Topliss-reactive ketones (excluding diaryl/α,β-unsaturated/α-hetero) is 1. The fourth-order valence-electron chi connectivity index (χ4n) is 1.16. The third-order valence-corrected chi connectivity index (χ3v) is 2.34. The molecule has 0 aliphatic rings. The van der Waals surface area contributed by atoms with Gasteiger partial charge in [-0.05, 0) is 27.2 Å². The van der Waals surface area contributed by atoms with Crippen molar-refractivity contribution in [3.05, 3.63) is 0 Å². The predicted molar refractivity (Wildman–Crippen MR) is 64.6 cm³/mol. The Morgan fingerprint density at radius 2 is 1.81 bits per heavy atom. The van der Waals surface area contributed by atoms with E-state index in [2.05, 4.69) is 6.92 Å². The number of halogens is 1. The third-order valence-electron chi connectivity index (χ3n) is 1.92. The van der Waals surface area contributed by atoms with Crippen LogP contribution in [0.3, 0.4) is 0 Å². The summed E-state index contributed by atoms with van der Waals surface area (Å²) in [4.78, 5) is 23.0. The number of hydrogen-bond donors (Lipinski definition) is 0. The van der Waals surface area contributed by atoms with Crippen molar-refractivity contribution >= 4 is 23.4 Å².